The maximum Gasteiger partial charge on any atom is 0.173 e. The molecule has 16 heavy (non-hydrogen) atoms. The van der Waals surface area contributed by atoms with Gasteiger partial charge < -0.3 is 10.5 Å². The lowest BCUT2D eigenvalue weighted by Gasteiger charge is -2.13. The molecule has 0 saturated carbocycles. The summed E-state index contributed by atoms with van der Waals surface area (Å²) in [6.45, 7) is 3.59. The Morgan fingerprint density at radius 2 is 2.19 bits per heavy atom. The summed E-state index contributed by atoms with van der Waals surface area (Å²) in [7, 11) is 0. The molecule has 0 bridgehead atoms. The fourth-order valence-corrected chi connectivity index (χ4v) is 1.55. The van der Waals surface area contributed by atoms with Gasteiger partial charge in [-0.25, -0.2) is 4.39 Å². The molecule has 5 heteroatoms. The molecule has 0 aliphatic carbocycles. The van der Waals surface area contributed by atoms with Crippen molar-refractivity contribution in [1.82, 2.24) is 0 Å². The van der Waals surface area contributed by atoms with Crippen molar-refractivity contribution in [2.75, 3.05) is 0 Å². The monoisotopic (exact) mass is 261 g/mol. The minimum atomic E-state index is -0.533. The summed E-state index contributed by atoms with van der Waals surface area (Å²) in [6.07, 6.45) is -0.143. The van der Waals surface area contributed by atoms with Gasteiger partial charge in [-0.1, -0.05) is 11.6 Å². The van der Waals surface area contributed by atoms with Crippen LogP contribution in [-0.2, 0) is 0 Å². The second kappa shape index (κ2) is 5.46. The zero-order valence-electron chi connectivity index (χ0n) is 9.00. The zero-order chi connectivity index (χ0) is 12.3. The molecular weight excluding hydrogens is 249 g/mol. The van der Waals surface area contributed by atoms with Gasteiger partial charge in [-0.05, 0) is 31.4 Å². The first kappa shape index (κ1) is 13.2. The minimum absolute atomic E-state index is 0.0485. The summed E-state index contributed by atoms with van der Waals surface area (Å²) in [5, 5.41) is 1.58. The van der Waals surface area contributed by atoms with Crippen LogP contribution in [0.15, 0.2) is 17.5 Å². The molecule has 1 rings (SSSR count). The maximum absolute atomic E-state index is 13.7. The smallest absolute Gasteiger partial charge is 0.173 e. The summed E-state index contributed by atoms with van der Waals surface area (Å²) in [5.41, 5.74) is 6.43. The molecule has 0 heterocycles. The molecule has 0 aliphatic heterocycles. The van der Waals surface area contributed by atoms with E-state index in [2.05, 4.69) is 12.6 Å². The third kappa shape index (κ3) is 3.06. The molecule has 88 valence electrons. The lowest BCUT2D eigenvalue weighted by atomic mass is 10.1. The Morgan fingerprint density at radius 3 is 2.62 bits per heavy atom. The third-order valence-corrected chi connectivity index (χ3v) is 2.38. The largest absolute Gasteiger partial charge is 0.486 e. The summed E-state index contributed by atoms with van der Waals surface area (Å²) in [4.78, 5) is 0. The fourth-order valence-electron chi connectivity index (χ4n) is 1.15. The molecule has 0 radical (unpaired) electrons. The molecule has 0 saturated heterocycles. The molecule has 0 aromatic heterocycles. The average Bonchev–Trinajstić information content (AvgIpc) is 2.21. The number of rotatable bonds is 3. The molecule has 2 nitrogen and oxygen atoms in total. The van der Waals surface area contributed by atoms with Crippen LogP contribution in [-0.4, -0.2) is 6.10 Å². The average molecular weight is 262 g/mol. The predicted octanol–water partition coefficient (Wildman–Crippen LogP) is 3.45. The van der Waals surface area contributed by atoms with Crippen LogP contribution in [0.1, 0.15) is 19.4 Å². The summed E-state index contributed by atoms with van der Waals surface area (Å²) < 4.78 is 18.9. The van der Waals surface area contributed by atoms with Gasteiger partial charge in [0.1, 0.15) is 0 Å². The molecular formula is C11H13ClFNOS. The number of benzene rings is 1. The standard InChI is InChI=1S/C11H13ClFNOS/c1-6(2)15-11-8(12)3-7(4-9(11)13)10(14)5-16/h3-6,16H,14H2,1-2H3/b10-5-. The van der Waals surface area contributed by atoms with Crippen LogP contribution in [0.4, 0.5) is 4.39 Å². The maximum atomic E-state index is 13.7. The van der Waals surface area contributed by atoms with Crippen molar-refractivity contribution in [1.29, 1.82) is 0 Å². The Morgan fingerprint density at radius 1 is 1.56 bits per heavy atom. The van der Waals surface area contributed by atoms with Gasteiger partial charge in [-0.15, -0.1) is 12.6 Å². The first-order valence-electron chi connectivity index (χ1n) is 4.71. The van der Waals surface area contributed by atoms with Crippen LogP contribution in [0.2, 0.25) is 5.02 Å². The Hall–Kier alpha value is -0.870. The second-order valence-corrected chi connectivity index (χ2v) is 4.19. The van der Waals surface area contributed by atoms with Crippen LogP contribution >= 0.6 is 24.2 Å². The van der Waals surface area contributed by atoms with Crippen LogP contribution in [0.5, 0.6) is 5.75 Å². The minimum Gasteiger partial charge on any atom is -0.486 e. The Balaban J connectivity index is 3.17. The van der Waals surface area contributed by atoms with Crippen molar-refractivity contribution in [3.05, 3.63) is 33.9 Å². The van der Waals surface area contributed by atoms with Gasteiger partial charge in [-0.2, -0.15) is 0 Å². The van der Waals surface area contributed by atoms with Crippen molar-refractivity contribution in [3.8, 4) is 5.75 Å². The van der Waals surface area contributed by atoms with Gasteiger partial charge in [0.25, 0.3) is 0 Å². The van der Waals surface area contributed by atoms with Crippen molar-refractivity contribution in [2.45, 2.75) is 20.0 Å². The number of thiol groups is 1. The fraction of sp³-hybridized carbons (Fsp3) is 0.273. The van der Waals surface area contributed by atoms with Crippen LogP contribution in [0.25, 0.3) is 5.70 Å². The van der Waals surface area contributed by atoms with E-state index in [0.717, 1.165) is 0 Å². The van der Waals surface area contributed by atoms with Gasteiger partial charge in [0, 0.05) is 11.3 Å². The highest BCUT2D eigenvalue weighted by Gasteiger charge is 2.13. The molecule has 2 N–H and O–H groups in total. The first-order chi connectivity index (χ1) is 7.45. The van der Waals surface area contributed by atoms with Gasteiger partial charge in [-0.3, -0.25) is 0 Å². The Bertz CT molecular complexity index is 397. The molecule has 0 aliphatic rings. The summed E-state index contributed by atoms with van der Waals surface area (Å²) in [6, 6.07) is 2.82. The Kier molecular flexibility index (Phi) is 4.50. The van der Waals surface area contributed by atoms with Gasteiger partial charge in [0.05, 0.1) is 11.1 Å². The van der Waals surface area contributed by atoms with E-state index in [1.807, 2.05) is 0 Å². The summed E-state index contributed by atoms with van der Waals surface area (Å²) in [5.74, 6) is -0.485. The van der Waals surface area contributed by atoms with E-state index in [-0.39, 0.29) is 16.9 Å². The highest BCUT2D eigenvalue weighted by molar-refractivity contribution is 7.83. The first-order valence-corrected chi connectivity index (χ1v) is 5.61. The molecule has 0 atom stereocenters. The molecule has 0 unspecified atom stereocenters. The van der Waals surface area contributed by atoms with Crippen molar-refractivity contribution >= 4 is 29.9 Å². The lowest BCUT2D eigenvalue weighted by Crippen LogP contribution is -2.08. The predicted molar refractivity (Wildman–Crippen MR) is 68.3 cm³/mol. The topological polar surface area (TPSA) is 35.2 Å². The number of hydrogen-bond acceptors (Lipinski definition) is 3. The van der Waals surface area contributed by atoms with Gasteiger partial charge in [0.2, 0.25) is 0 Å². The molecule has 0 spiro atoms. The molecule has 0 fully saturated rings. The van der Waals surface area contributed by atoms with Crippen LogP contribution in [0.3, 0.4) is 0 Å². The van der Waals surface area contributed by atoms with Gasteiger partial charge in [0.15, 0.2) is 11.6 Å². The van der Waals surface area contributed by atoms with Gasteiger partial charge >= 0.3 is 0 Å². The van der Waals surface area contributed by atoms with Crippen molar-refractivity contribution in [3.63, 3.8) is 0 Å². The van der Waals surface area contributed by atoms with Crippen molar-refractivity contribution < 1.29 is 9.13 Å². The number of ether oxygens (including phenoxy) is 1. The van der Waals surface area contributed by atoms with Crippen LogP contribution in [0, 0.1) is 5.82 Å². The van der Waals surface area contributed by atoms with E-state index in [9.17, 15) is 4.39 Å². The van der Waals surface area contributed by atoms with E-state index in [1.165, 1.54) is 11.5 Å². The van der Waals surface area contributed by atoms with E-state index in [1.54, 1.807) is 19.9 Å². The zero-order valence-corrected chi connectivity index (χ0v) is 10.6. The van der Waals surface area contributed by atoms with E-state index in [0.29, 0.717) is 11.3 Å². The third-order valence-electron chi connectivity index (χ3n) is 1.82. The lowest BCUT2D eigenvalue weighted by molar-refractivity contribution is 0.231. The number of hydrogen-bond donors (Lipinski definition) is 2. The normalized spacial score (nSPS) is 12.0. The number of halogens is 2. The molecule has 1 aromatic carbocycles. The quantitative estimate of drug-likeness (QED) is 0.818. The SMILES string of the molecule is CC(C)Oc1c(F)cc(/C(N)=C/S)cc1Cl. The van der Waals surface area contributed by atoms with E-state index < -0.39 is 5.82 Å². The molecule has 1 aromatic rings. The molecule has 0 amide bonds. The van der Waals surface area contributed by atoms with Crippen molar-refractivity contribution in [2.24, 2.45) is 5.73 Å². The Labute approximate surface area is 105 Å². The number of nitrogens with two attached hydrogens (primary N) is 1. The highest BCUT2D eigenvalue weighted by Crippen LogP contribution is 2.31. The summed E-state index contributed by atoms with van der Waals surface area (Å²) >= 11 is 9.80. The van der Waals surface area contributed by atoms with E-state index in [4.69, 9.17) is 22.1 Å². The highest BCUT2D eigenvalue weighted by atomic mass is 35.5. The second-order valence-electron chi connectivity index (χ2n) is 3.52. The van der Waals surface area contributed by atoms with E-state index >= 15 is 0 Å². The van der Waals surface area contributed by atoms with Crippen LogP contribution < -0.4 is 10.5 Å².